The Morgan fingerprint density at radius 2 is 2.04 bits per heavy atom. The molecule has 0 aliphatic heterocycles. The number of carbonyl (C=O) groups excluding carboxylic acids is 1. The summed E-state index contributed by atoms with van der Waals surface area (Å²) in [5.41, 5.74) is 2.74. The Kier molecular flexibility index (Phi) is 4.72. The van der Waals surface area contributed by atoms with Gasteiger partial charge in [0.25, 0.3) is 5.91 Å². The van der Waals surface area contributed by atoms with Crippen LogP contribution in [-0.2, 0) is 6.42 Å². The maximum absolute atomic E-state index is 12.6. The van der Waals surface area contributed by atoms with Crippen molar-refractivity contribution in [2.24, 2.45) is 5.92 Å². The molecule has 4 heteroatoms. The standard InChI is InChI=1S/C19H22N2O2/c1-13-12-20-8-7-17(13)19(23)21-18(15-10-16(22)11-15)9-14-5-3-2-4-6-14/h2-8,12,15-16,18,22H,9-11H2,1H3,(H,21,23)/t15?,16?,18-/m1/s1. The average molecular weight is 310 g/mol. The van der Waals surface area contributed by atoms with Gasteiger partial charge in [0, 0.05) is 24.0 Å². The summed E-state index contributed by atoms with van der Waals surface area (Å²) < 4.78 is 0. The second-order valence-corrected chi connectivity index (χ2v) is 6.35. The molecular formula is C19H22N2O2. The highest BCUT2D eigenvalue weighted by Gasteiger charge is 2.35. The molecule has 4 nitrogen and oxygen atoms in total. The van der Waals surface area contributed by atoms with E-state index in [1.54, 1.807) is 18.5 Å². The molecule has 1 atom stereocenters. The van der Waals surface area contributed by atoms with Crippen molar-refractivity contribution in [2.75, 3.05) is 0 Å². The molecule has 0 unspecified atom stereocenters. The topological polar surface area (TPSA) is 62.2 Å². The molecule has 1 saturated carbocycles. The summed E-state index contributed by atoms with van der Waals surface area (Å²) in [6, 6.07) is 12.0. The highest BCUT2D eigenvalue weighted by molar-refractivity contribution is 5.95. The van der Waals surface area contributed by atoms with E-state index < -0.39 is 0 Å². The monoisotopic (exact) mass is 310 g/mol. The average Bonchev–Trinajstić information content (AvgIpc) is 2.52. The molecule has 3 rings (SSSR count). The summed E-state index contributed by atoms with van der Waals surface area (Å²) in [7, 11) is 0. The second-order valence-electron chi connectivity index (χ2n) is 6.35. The number of aryl methyl sites for hydroxylation is 1. The lowest BCUT2D eigenvalue weighted by atomic mass is 9.75. The Hall–Kier alpha value is -2.20. The van der Waals surface area contributed by atoms with Crippen LogP contribution in [0.4, 0.5) is 0 Å². The van der Waals surface area contributed by atoms with Gasteiger partial charge in [0.15, 0.2) is 0 Å². The zero-order chi connectivity index (χ0) is 16.2. The highest BCUT2D eigenvalue weighted by Crippen LogP contribution is 2.32. The number of nitrogens with zero attached hydrogens (tertiary/aromatic N) is 1. The normalized spacial score (nSPS) is 21.3. The van der Waals surface area contributed by atoms with E-state index >= 15 is 0 Å². The number of aliphatic hydroxyl groups is 1. The minimum absolute atomic E-state index is 0.0425. The number of hydrogen-bond donors (Lipinski definition) is 2. The Morgan fingerprint density at radius 1 is 1.30 bits per heavy atom. The van der Waals surface area contributed by atoms with E-state index in [-0.39, 0.29) is 18.1 Å². The van der Waals surface area contributed by atoms with Gasteiger partial charge in [-0.05, 0) is 49.3 Å². The van der Waals surface area contributed by atoms with E-state index in [1.807, 2.05) is 25.1 Å². The Balaban J connectivity index is 1.73. The van der Waals surface area contributed by atoms with Crippen molar-refractivity contribution in [2.45, 2.75) is 38.3 Å². The number of hydrogen-bond acceptors (Lipinski definition) is 3. The third kappa shape index (κ3) is 3.77. The van der Waals surface area contributed by atoms with Crippen molar-refractivity contribution in [1.29, 1.82) is 0 Å². The van der Waals surface area contributed by atoms with Crippen molar-refractivity contribution in [3.63, 3.8) is 0 Å². The van der Waals surface area contributed by atoms with Crippen molar-refractivity contribution in [1.82, 2.24) is 10.3 Å². The summed E-state index contributed by atoms with van der Waals surface area (Å²) in [6.45, 7) is 1.89. The van der Waals surface area contributed by atoms with Crippen LogP contribution < -0.4 is 5.32 Å². The van der Waals surface area contributed by atoms with Crippen LogP contribution in [0, 0.1) is 12.8 Å². The maximum atomic E-state index is 12.6. The summed E-state index contributed by atoms with van der Waals surface area (Å²) in [5, 5.41) is 12.8. The van der Waals surface area contributed by atoms with Gasteiger partial charge in [-0.2, -0.15) is 0 Å². The zero-order valence-electron chi connectivity index (χ0n) is 13.3. The molecule has 1 aliphatic rings. The van der Waals surface area contributed by atoms with E-state index in [9.17, 15) is 9.90 Å². The molecule has 1 aromatic heterocycles. The van der Waals surface area contributed by atoms with Crippen molar-refractivity contribution in [3.05, 3.63) is 65.5 Å². The Bertz CT molecular complexity index is 666. The molecule has 1 aromatic carbocycles. The number of carbonyl (C=O) groups is 1. The first-order valence-electron chi connectivity index (χ1n) is 8.07. The smallest absolute Gasteiger partial charge is 0.251 e. The molecule has 2 N–H and O–H groups in total. The number of amides is 1. The van der Waals surface area contributed by atoms with Gasteiger partial charge in [-0.3, -0.25) is 9.78 Å². The number of pyridine rings is 1. The molecule has 0 bridgehead atoms. The lowest BCUT2D eigenvalue weighted by molar-refractivity contribution is 0.0239. The van der Waals surface area contributed by atoms with E-state index in [1.165, 1.54) is 5.56 Å². The van der Waals surface area contributed by atoms with Crippen LogP contribution in [0.15, 0.2) is 48.8 Å². The third-order valence-corrected chi connectivity index (χ3v) is 4.60. The van der Waals surface area contributed by atoms with E-state index in [0.29, 0.717) is 11.5 Å². The molecule has 23 heavy (non-hydrogen) atoms. The van der Waals surface area contributed by atoms with Crippen LogP contribution in [-0.4, -0.2) is 28.1 Å². The predicted molar refractivity (Wildman–Crippen MR) is 89.1 cm³/mol. The Morgan fingerprint density at radius 3 is 2.70 bits per heavy atom. The van der Waals surface area contributed by atoms with Gasteiger partial charge >= 0.3 is 0 Å². The largest absolute Gasteiger partial charge is 0.393 e. The summed E-state index contributed by atoms with van der Waals surface area (Å²) in [4.78, 5) is 16.6. The van der Waals surface area contributed by atoms with Gasteiger partial charge in [-0.1, -0.05) is 30.3 Å². The zero-order valence-corrected chi connectivity index (χ0v) is 13.3. The quantitative estimate of drug-likeness (QED) is 0.892. The van der Waals surface area contributed by atoms with E-state index in [0.717, 1.165) is 24.8 Å². The predicted octanol–water partition coefficient (Wildman–Crippen LogP) is 2.50. The van der Waals surface area contributed by atoms with Crippen LogP contribution in [0.25, 0.3) is 0 Å². The lowest BCUT2D eigenvalue weighted by Gasteiger charge is -2.38. The van der Waals surface area contributed by atoms with Gasteiger partial charge in [-0.25, -0.2) is 0 Å². The second kappa shape index (κ2) is 6.92. The van der Waals surface area contributed by atoms with Crippen LogP contribution in [0.2, 0.25) is 0 Å². The van der Waals surface area contributed by atoms with Gasteiger partial charge in [0.05, 0.1) is 6.10 Å². The van der Waals surface area contributed by atoms with Crippen molar-refractivity contribution >= 4 is 5.91 Å². The summed E-state index contributed by atoms with van der Waals surface area (Å²) >= 11 is 0. The molecule has 1 aliphatic carbocycles. The fourth-order valence-corrected chi connectivity index (χ4v) is 3.14. The molecule has 0 radical (unpaired) electrons. The molecule has 0 saturated heterocycles. The summed E-state index contributed by atoms with van der Waals surface area (Å²) in [5.74, 6) is 0.267. The van der Waals surface area contributed by atoms with Crippen LogP contribution >= 0.6 is 0 Å². The molecule has 1 amide bonds. The molecule has 0 spiro atoms. The number of benzene rings is 1. The minimum Gasteiger partial charge on any atom is -0.393 e. The third-order valence-electron chi connectivity index (χ3n) is 4.60. The first-order chi connectivity index (χ1) is 11.1. The van der Waals surface area contributed by atoms with Crippen molar-refractivity contribution < 1.29 is 9.90 Å². The lowest BCUT2D eigenvalue weighted by Crippen LogP contribution is -2.48. The van der Waals surface area contributed by atoms with Crippen LogP contribution in [0.1, 0.15) is 34.3 Å². The van der Waals surface area contributed by atoms with Gasteiger partial charge in [0.2, 0.25) is 0 Å². The number of aromatic nitrogens is 1. The number of nitrogens with one attached hydrogen (secondary N) is 1. The molecule has 120 valence electrons. The van der Waals surface area contributed by atoms with Gasteiger partial charge in [-0.15, -0.1) is 0 Å². The minimum atomic E-state index is -0.224. The first kappa shape index (κ1) is 15.7. The number of aliphatic hydroxyl groups excluding tert-OH is 1. The SMILES string of the molecule is Cc1cnccc1C(=O)N[C@H](Cc1ccccc1)C1CC(O)C1. The fraction of sp³-hybridized carbons (Fsp3) is 0.368. The number of rotatable bonds is 5. The van der Waals surface area contributed by atoms with Gasteiger partial charge < -0.3 is 10.4 Å². The highest BCUT2D eigenvalue weighted by atomic mass is 16.3. The maximum Gasteiger partial charge on any atom is 0.251 e. The first-order valence-corrected chi connectivity index (χ1v) is 8.07. The van der Waals surface area contributed by atoms with Crippen LogP contribution in [0.3, 0.4) is 0 Å². The van der Waals surface area contributed by atoms with E-state index in [2.05, 4.69) is 22.4 Å². The van der Waals surface area contributed by atoms with Crippen molar-refractivity contribution in [3.8, 4) is 0 Å². The summed E-state index contributed by atoms with van der Waals surface area (Å²) in [6.07, 6.45) is 5.42. The van der Waals surface area contributed by atoms with Gasteiger partial charge in [0.1, 0.15) is 0 Å². The Labute approximate surface area is 136 Å². The molecular weight excluding hydrogens is 288 g/mol. The van der Waals surface area contributed by atoms with E-state index in [4.69, 9.17) is 0 Å². The molecule has 1 heterocycles. The fourth-order valence-electron chi connectivity index (χ4n) is 3.14. The molecule has 1 fully saturated rings. The van der Waals surface area contributed by atoms with Crippen LogP contribution in [0.5, 0.6) is 0 Å². The molecule has 2 aromatic rings.